The number of halogens is 1. The van der Waals surface area contributed by atoms with E-state index in [2.05, 4.69) is 57.5 Å². The summed E-state index contributed by atoms with van der Waals surface area (Å²) in [7, 11) is 0. The number of nitrogens with zero attached hydrogens (tertiary/aromatic N) is 3. The van der Waals surface area contributed by atoms with Crippen molar-refractivity contribution in [1.29, 1.82) is 0 Å². The van der Waals surface area contributed by atoms with E-state index < -0.39 is 0 Å². The van der Waals surface area contributed by atoms with E-state index >= 15 is 0 Å². The van der Waals surface area contributed by atoms with Crippen LogP contribution in [0.3, 0.4) is 0 Å². The fourth-order valence-electron chi connectivity index (χ4n) is 1.62. The van der Waals surface area contributed by atoms with Crippen molar-refractivity contribution in [2.75, 3.05) is 5.73 Å². The number of anilines is 1. The molecule has 2 rings (SSSR count). The van der Waals surface area contributed by atoms with E-state index in [0.29, 0.717) is 17.6 Å². The first-order valence-corrected chi connectivity index (χ1v) is 7.79. The van der Waals surface area contributed by atoms with Crippen LogP contribution in [0.5, 0.6) is 0 Å². The van der Waals surface area contributed by atoms with Crippen LogP contribution < -0.4 is 5.73 Å². The third-order valence-electron chi connectivity index (χ3n) is 2.61. The van der Waals surface area contributed by atoms with Crippen molar-refractivity contribution < 1.29 is 0 Å². The van der Waals surface area contributed by atoms with E-state index in [0.717, 1.165) is 13.5 Å². The second-order valence-corrected chi connectivity index (χ2v) is 6.66. The van der Waals surface area contributed by atoms with Gasteiger partial charge in [0.05, 0.1) is 4.90 Å². The Labute approximate surface area is 130 Å². The van der Waals surface area contributed by atoms with E-state index in [9.17, 15) is 0 Å². The molecule has 0 saturated heterocycles. The molecule has 0 radical (unpaired) electrons. The molecule has 0 aliphatic carbocycles. The first kappa shape index (κ1) is 14.5. The van der Waals surface area contributed by atoms with Gasteiger partial charge in [-0.1, -0.05) is 25.6 Å². The van der Waals surface area contributed by atoms with Gasteiger partial charge in [0.2, 0.25) is 0 Å². The molecule has 0 aliphatic heterocycles. The topological polar surface area (TPSA) is 64.7 Å². The highest BCUT2D eigenvalue weighted by molar-refractivity contribution is 14.1. The first-order chi connectivity index (χ1) is 8.97. The minimum absolute atomic E-state index is 0.416. The van der Waals surface area contributed by atoms with E-state index in [1.807, 2.05) is 13.1 Å². The molecule has 0 bridgehead atoms. The van der Waals surface area contributed by atoms with Gasteiger partial charge in [-0.3, -0.25) is 0 Å². The van der Waals surface area contributed by atoms with E-state index in [4.69, 9.17) is 5.73 Å². The lowest BCUT2D eigenvalue weighted by molar-refractivity contribution is 0.829. The van der Waals surface area contributed by atoms with Crippen LogP contribution in [0.25, 0.3) is 0 Å². The minimum atomic E-state index is 0.416. The molecule has 0 unspecified atom stereocenters. The maximum Gasteiger partial charge on any atom is 0.141 e. The number of nitrogens with two attached hydrogens (primary N) is 1. The molecule has 2 aromatic heterocycles. The molecular weight excluding hydrogens is 371 g/mol. The second-order valence-electron chi connectivity index (χ2n) is 4.47. The molecule has 0 spiro atoms. The van der Waals surface area contributed by atoms with Gasteiger partial charge in [0.15, 0.2) is 0 Å². The zero-order chi connectivity index (χ0) is 14.0. The van der Waals surface area contributed by atoms with Crippen molar-refractivity contribution >= 4 is 40.2 Å². The van der Waals surface area contributed by atoms with Crippen molar-refractivity contribution in [3.8, 4) is 0 Å². The van der Waals surface area contributed by atoms with Gasteiger partial charge in [0.25, 0.3) is 0 Å². The maximum absolute atomic E-state index is 5.94. The summed E-state index contributed by atoms with van der Waals surface area (Å²) in [6.07, 6.45) is 3.71. The molecule has 2 heterocycles. The molecule has 2 N–H and O–H groups in total. The summed E-state index contributed by atoms with van der Waals surface area (Å²) in [6, 6.07) is 2.07. The number of rotatable bonds is 3. The smallest absolute Gasteiger partial charge is 0.141 e. The average Bonchev–Trinajstić information content (AvgIpc) is 2.32. The number of aryl methyl sites for hydroxylation is 1. The van der Waals surface area contributed by atoms with Crippen LogP contribution >= 0.6 is 34.4 Å². The van der Waals surface area contributed by atoms with Crippen molar-refractivity contribution in [2.45, 2.75) is 36.5 Å². The predicted octanol–water partition coefficient (Wildman–Crippen LogP) is 3.64. The summed E-state index contributed by atoms with van der Waals surface area (Å²) in [5, 5.41) is 0. The van der Waals surface area contributed by atoms with Crippen LogP contribution in [0.1, 0.15) is 31.2 Å². The van der Waals surface area contributed by atoms with Crippen LogP contribution in [0, 0.1) is 10.6 Å². The Morgan fingerprint density at radius 3 is 2.58 bits per heavy atom. The Kier molecular flexibility index (Phi) is 4.62. The molecule has 2 aromatic rings. The molecule has 0 aromatic carbocycles. The number of aromatic nitrogens is 3. The number of nitrogen functional groups attached to an aromatic ring is 1. The van der Waals surface area contributed by atoms with Gasteiger partial charge in [-0.05, 0) is 47.1 Å². The zero-order valence-corrected chi connectivity index (χ0v) is 14.0. The zero-order valence-electron chi connectivity index (χ0n) is 11.0. The van der Waals surface area contributed by atoms with Gasteiger partial charge in [0, 0.05) is 17.3 Å². The predicted molar refractivity (Wildman–Crippen MR) is 86.3 cm³/mol. The second kappa shape index (κ2) is 6.04. The monoisotopic (exact) mass is 386 g/mol. The Balaban J connectivity index is 2.39. The van der Waals surface area contributed by atoms with Gasteiger partial charge in [0.1, 0.15) is 15.3 Å². The first-order valence-electron chi connectivity index (χ1n) is 5.89. The summed E-state index contributed by atoms with van der Waals surface area (Å²) in [4.78, 5) is 14.8. The summed E-state index contributed by atoms with van der Waals surface area (Å²) in [5.74, 6) is 1.63. The maximum atomic E-state index is 5.94. The Bertz CT molecular complexity index is 601. The van der Waals surface area contributed by atoms with Crippen LogP contribution in [0.2, 0.25) is 0 Å². The SMILES string of the molecule is Cc1ncc(Sc2cc(I)ncc2C(C)C)c(N)n1. The van der Waals surface area contributed by atoms with Gasteiger partial charge in [-0.25, -0.2) is 15.0 Å². The summed E-state index contributed by atoms with van der Waals surface area (Å²) >= 11 is 3.81. The standard InChI is InChI=1S/C13H15IN4S/c1-7(2)9-5-17-12(14)4-10(9)19-11-6-16-8(3)18-13(11)15/h4-7H,1-3H3,(H2,15,16,18). The van der Waals surface area contributed by atoms with E-state index in [-0.39, 0.29) is 0 Å². The molecular formula is C13H15IN4S. The molecule has 4 nitrogen and oxygen atoms in total. The molecule has 0 amide bonds. The van der Waals surface area contributed by atoms with Crippen molar-refractivity contribution in [2.24, 2.45) is 0 Å². The lowest BCUT2D eigenvalue weighted by atomic mass is 10.1. The Hall–Kier alpha value is -0.890. The van der Waals surface area contributed by atoms with Crippen molar-refractivity contribution in [3.05, 3.63) is 33.5 Å². The van der Waals surface area contributed by atoms with E-state index in [1.54, 1.807) is 18.0 Å². The lowest BCUT2D eigenvalue weighted by Gasteiger charge is -2.12. The third-order valence-corrected chi connectivity index (χ3v) is 4.30. The highest BCUT2D eigenvalue weighted by Crippen LogP contribution is 2.35. The number of pyridine rings is 1. The van der Waals surface area contributed by atoms with Crippen molar-refractivity contribution in [3.63, 3.8) is 0 Å². The molecule has 6 heteroatoms. The van der Waals surface area contributed by atoms with Crippen LogP contribution in [0.4, 0.5) is 5.82 Å². The number of hydrogen-bond donors (Lipinski definition) is 1. The fourth-order valence-corrected chi connectivity index (χ4v) is 3.35. The molecule has 0 saturated carbocycles. The molecule has 0 fully saturated rings. The van der Waals surface area contributed by atoms with Crippen LogP contribution in [-0.2, 0) is 0 Å². The van der Waals surface area contributed by atoms with Crippen molar-refractivity contribution in [1.82, 2.24) is 15.0 Å². The summed E-state index contributed by atoms with van der Waals surface area (Å²) in [6.45, 7) is 6.14. The summed E-state index contributed by atoms with van der Waals surface area (Å²) < 4.78 is 0.969. The average molecular weight is 386 g/mol. The Morgan fingerprint density at radius 1 is 1.21 bits per heavy atom. The highest BCUT2D eigenvalue weighted by atomic mass is 127. The molecule has 0 atom stereocenters. The van der Waals surface area contributed by atoms with Gasteiger partial charge in [-0.2, -0.15) is 0 Å². The molecule has 19 heavy (non-hydrogen) atoms. The van der Waals surface area contributed by atoms with Crippen LogP contribution in [-0.4, -0.2) is 15.0 Å². The van der Waals surface area contributed by atoms with Gasteiger partial charge in [-0.15, -0.1) is 0 Å². The fraction of sp³-hybridized carbons (Fsp3) is 0.308. The van der Waals surface area contributed by atoms with E-state index in [1.165, 1.54) is 5.56 Å². The number of hydrogen-bond acceptors (Lipinski definition) is 5. The highest BCUT2D eigenvalue weighted by Gasteiger charge is 2.12. The Morgan fingerprint density at radius 2 is 1.95 bits per heavy atom. The van der Waals surface area contributed by atoms with Gasteiger partial charge < -0.3 is 5.73 Å². The quantitative estimate of drug-likeness (QED) is 0.645. The normalized spacial score (nSPS) is 11.0. The lowest BCUT2D eigenvalue weighted by Crippen LogP contribution is -1.99. The largest absolute Gasteiger partial charge is 0.383 e. The molecule has 100 valence electrons. The van der Waals surface area contributed by atoms with Crippen LogP contribution in [0.15, 0.2) is 28.3 Å². The minimum Gasteiger partial charge on any atom is -0.383 e. The molecule has 0 aliphatic rings. The third kappa shape index (κ3) is 3.56. The summed E-state index contributed by atoms with van der Waals surface area (Å²) in [5.41, 5.74) is 7.16. The van der Waals surface area contributed by atoms with Gasteiger partial charge >= 0.3 is 0 Å².